The number of rotatable bonds is 1. The maximum Gasteiger partial charge on any atom is 0.0648 e. The Hall–Kier alpha value is -0.470. The highest BCUT2D eigenvalue weighted by molar-refractivity contribution is 8.01. The minimum absolute atomic E-state index is 0.406. The van der Waals surface area contributed by atoms with Gasteiger partial charge in [0.2, 0.25) is 0 Å². The first-order valence-corrected chi connectivity index (χ1v) is 8.13. The molecular formula is C16H23NS. The molecule has 1 N–H and O–H groups in total. The van der Waals surface area contributed by atoms with Gasteiger partial charge in [-0.05, 0) is 50.1 Å². The zero-order valence-corrected chi connectivity index (χ0v) is 12.0. The summed E-state index contributed by atoms with van der Waals surface area (Å²) in [6, 6.07) is 11.1. The van der Waals surface area contributed by atoms with Crippen molar-refractivity contribution in [3.63, 3.8) is 0 Å². The van der Waals surface area contributed by atoms with Crippen LogP contribution in [0.3, 0.4) is 0 Å². The van der Waals surface area contributed by atoms with E-state index in [9.17, 15) is 0 Å². The van der Waals surface area contributed by atoms with Crippen LogP contribution in [0.15, 0.2) is 30.3 Å². The summed E-state index contributed by atoms with van der Waals surface area (Å²) >= 11 is 2.20. The van der Waals surface area contributed by atoms with Crippen molar-refractivity contribution in [2.45, 2.75) is 55.1 Å². The fourth-order valence-electron chi connectivity index (χ4n) is 3.43. The number of benzene rings is 1. The van der Waals surface area contributed by atoms with Gasteiger partial charge in [0, 0.05) is 5.25 Å². The molecule has 1 saturated heterocycles. The van der Waals surface area contributed by atoms with Crippen LogP contribution in [-0.4, -0.2) is 16.7 Å². The van der Waals surface area contributed by atoms with Gasteiger partial charge in [-0.15, -0.1) is 11.8 Å². The van der Waals surface area contributed by atoms with E-state index >= 15 is 0 Å². The van der Waals surface area contributed by atoms with Gasteiger partial charge in [-0.25, -0.2) is 0 Å². The van der Waals surface area contributed by atoms with Crippen LogP contribution in [0.25, 0.3) is 0 Å². The predicted molar refractivity (Wildman–Crippen MR) is 80.1 cm³/mol. The van der Waals surface area contributed by atoms with Gasteiger partial charge in [-0.1, -0.05) is 37.3 Å². The van der Waals surface area contributed by atoms with Crippen molar-refractivity contribution in [3.05, 3.63) is 35.9 Å². The Morgan fingerprint density at radius 3 is 2.50 bits per heavy atom. The molecule has 2 fully saturated rings. The molecule has 0 aromatic heterocycles. The molecule has 1 atom stereocenters. The molecule has 3 rings (SSSR count). The first-order chi connectivity index (χ1) is 8.77. The van der Waals surface area contributed by atoms with Crippen molar-refractivity contribution in [1.82, 2.24) is 5.32 Å². The molecule has 1 aromatic carbocycles. The lowest BCUT2D eigenvalue weighted by Crippen LogP contribution is -2.49. The first-order valence-electron chi connectivity index (χ1n) is 7.25. The van der Waals surface area contributed by atoms with E-state index in [1.54, 1.807) is 5.56 Å². The molecule has 1 heterocycles. The van der Waals surface area contributed by atoms with Gasteiger partial charge in [-0.2, -0.15) is 0 Å². The lowest BCUT2D eigenvalue weighted by molar-refractivity contribution is 0.301. The normalized spacial score (nSPS) is 36.7. The van der Waals surface area contributed by atoms with Gasteiger partial charge in [0.15, 0.2) is 0 Å². The highest BCUT2D eigenvalue weighted by atomic mass is 32.2. The van der Waals surface area contributed by atoms with Crippen molar-refractivity contribution in [2.75, 3.05) is 6.54 Å². The topological polar surface area (TPSA) is 12.0 Å². The van der Waals surface area contributed by atoms with E-state index in [2.05, 4.69) is 54.3 Å². The van der Waals surface area contributed by atoms with E-state index in [1.165, 1.54) is 38.6 Å². The molecule has 1 aliphatic heterocycles. The Morgan fingerprint density at radius 2 is 1.83 bits per heavy atom. The summed E-state index contributed by atoms with van der Waals surface area (Å²) in [6.07, 6.45) is 6.69. The smallest absolute Gasteiger partial charge is 0.0648 e. The monoisotopic (exact) mass is 261 g/mol. The maximum atomic E-state index is 3.80. The maximum absolute atomic E-state index is 3.80. The quantitative estimate of drug-likeness (QED) is 0.815. The second-order valence-electron chi connectivity index (χ2n) is 5.82. The van der Waals surface area contributed by atoms with Crippen molar-refractivity contribution in [2.24, 2.45) is 0 Å². The predicted octanol–water partition coefficient (Wildman–Crippen LogP) is 4.16. The van der Waals surface area contributed by atoms with E-state index in [-0.39, 0.29) is 0 Å². The zero-order valence-electron chi connectivity index (χ0n) is 11.2. The number of hydrogen-bond donors (Lipinski definition) is 1. The molecule has 1 saturated carbocycles. The van der Waals surface area contributed by atoms with Crippen LogP contribution in [-0.2, 0) is 0 Å². The largest absolute Gasteiger partial charge is 0.303 e. The average molecular weight is 261 g/mol. The molecule has 0 bridgehead atoms. The van der Waals surface area contributed by atoms with Crippen molar-refractivity contribution in [3.8, 4) is 0 Å². The third kappa shape index (κ3) is 2.60. The van der Waals surface area contributed by atoms with Crippen LogP contribution in [0.2, 0.25) is 0 Å². The Morgan fingerprint density at radius 1 is 1.11 bits per heavy atom. The van der Waals surface area contributed by atoms with E-state index in [0.29, 0.717) is 4.87 Å². The molecule has 2 aliphatic rings. The van der Waals surface area contributed by atoms with E-state index < -0.39 is 0 Å². The van der Waals surface area contributed by atoms with Gasteiger partial charge < -0.3 is 5.32 Å². The third-order valence-electron chi connectivity index (χ3n) is 4.49. The minimum Gasteiger partial charge on any atom is -0.303 e. The van der Waals surface area contributed by atoms with Crippen molar-refractivity contribution < 1.29 is 0 Å². The average Bonchev–Trinajstić information content (AvgIpc) is 2.40. The highest BCUT2D eigenvalue weighted by Gasteiger charge is 2.38. The molecule has 1 aromatic rings. The zero-order chi connectivity index (χ0) is 12.4. The standard InChI is InChI=1S/C16H23NS/c1-13-9-12-17-16(18-13)10-7-15(8-11-16)14-5-3-2-4-6-14/h2-6,13,15,17H,7-12H2,1H3. The van der Waals surface area contributed by atoms with Crippen LogP contribution in [0.4, 0.5) is 0 Å². The molecule has 1 spiro atoms. The van der Waals surface area contributed by atoms with Crippen molar-refractivity contribution in [1.29, 1.82) is 0 Å². The lowest BCUT2D eigenvalue weighted by atomic mass is 9.81. The molecule has 0 radical (unpaired) electrons. The van der Waals surface area contributed by atoms with Gasteiger partial charge >= 0.3 is 0 Å². The number of nitrogens with one attached hydrogen (secondary N) is 1. The SMILES string of the molecule is CC1CCNC2(CCC(c3ccccc3)CC2)S1. The summed E-state index contributed by atoms with van der Waals surface area (Å²) in [6.45, 7) is 3.60. The van der Waals surface area contributed by atoms with Gasteiger partial charge in [0.25, 0.3) is 0 Å². The second kappa shape index (κ2) is 5.26. The van der Waals surface area contributed by atoms with Crippen LogP contribution in [0.5, 0.6) is 0 Å². The van der Waals surface area contributed by atoms with Crippen LogP contribution >= 0.6 is 11.8 Å². The molecule has 18 heavy (non-hydrogen) atoms. The third-order valence-corrected chi connectivity index (χ3v) is 6.13. The molecule has 1 nitrogen and oxygen atoms in total. The Balaban J connectivity index is 1.64. The molecule has 0 amide bonds. The molecule has 1 unspecified atom stereocenters. The van der Waals surface area contributed by atoms with E-state index in [0.717, 1.165) is 11.2 Å². The Labute approximate surface area is 115 Å². The van der Waals surface area contributed by atoms with E-state index in [4.69, 9.17) is 0 Å². The molecule has 2 heteroatoms. The fraction of sp³-hybridized carbons (Fsp3) is 0.625. The second-order valence-corrected chi connectivity index (χ2v) is 7.65. The van der Waals surface area contributed by atoms with Crippen LogP contribution in [0.1, 0.15) is 50.5 Å². The summed E-state index contributed by atoms with van der Waals surface area (Å²) in [4.78, 5) is 0.406. The minimum atomic E-state index is 0.406. The first kappa shape index (κ1) is 12.6. The summed E-state index contributed by atoms with van der Waals surface area (Å²) < 4.78 is 0. The summed E-state index contributed by atoms with van der Waals surface area (Å²) in [7, 11) is 0. The van der Waals surface area contributed by atoms with Crippen molar-refractivity contribution >= 4 is 11.8 Å². The Bertz CT molecular complexity index is 381. The summed E-state index contributed by atoms with van der Waals surface area (Å²) in [5.41, 5.74) is 1.54. The fourth-order valence-corrected chi connectivity index (χ4v) is 5.09. The van der Waals surface area contributed by atoms with E-state index in [1.807, 2.05) is 0 Å². The van der Waals surface area contributed by atoms with Gasteiger partial charge in [0.1, 0.15) is 0 Å². The van der Waals surface area contributed by atoms with Gasteiger partial charge in [0.05, 0.1) is 4.87 Å². The van der Waals surface area contributed by atoms with Crippen LogP contribution in [0, 0.1) is 0 Å². The summed E-state index contributed by atoms with van der Waals surface area (Å²) in [5.74, 6) is 0.788. The highest BCUT2D eigenvalue weighted by Crippen LogP contribution is 2.46. The molecule has 98 valence electrons. The lowest BCUT2D eigenvalue weighted by Gasteiger charge is -2.45. The Kier molecular flexibility index (Phi) is 3.67. The summed E-state index contributed by atoms with van der Waals surface area (Å²) in [5, 5.41) is 4.63. The number of hydrogen-bond acceptors (Lipinski definition) is 2. The van der Waals surface area contributed by atoms with Crippen LogP contribution < -0.4 is 5.32 Å². The van der Waals surface area contributed by atoms with Gasteiger partial charge in [-0.3, -0.25) is 0 Å². The number of thioether (sulfide) groups is 1. The molecule has 1 aliphatic carbocycles. The molecular weight excluding hydrogens is 238 g/mol.